The number of nitriles is 1. The second kappa shape index (κ2) is 7.89. The molecule has 0 fully saturated rings. The van der Waals surface area contributed by atoms with Crippen LogP contribution in [-0.2, 0) is 10.0 Å². The summed E-state index contributed by atoms with van der Waals surface area (Å²) in [6.45, 7) is 1.06. The van der Waals surface area contributed by atoms with E-state index in [1.54, 1.807) is 0 Å². The van der Waals surface area contributed by atoms with Gasteiger partial charge >= 0.3 is 0 Å². The fraction of sp³-hybridized carbons (Fsp3) is 0.462. The SMILES string of the molecule is CS(=O)(=O)NCCCNC(CC#N)c1ccccc1. The molecule has 0 amide bonds. The lowest BCUT2D eigenvalue weighted by Gasteiger charge is -2.16. The van der Waals surface area contributed by atoms with E-state index in [1.807, 2.05) is 30.3 Å². The number of hydrogen-bond donors (Lipinski definition) is 2. The molecule has 0 aliphatic carbocycles. The average molecular weight is 281 g/mol. The Morgan fingerprint density at radius 3 is 2.53 bits per heavy atom. The van der Waals surface area contributed by atoms with Gasteiger partial charge in [-0.25, -0.2) is 13.1 Å². The van der Waals surface area contributed by atoms with Crippen molar-refractivity contribution in [3.63, 3.8) is 0 Å². The number of hydrogen-bond acceptors (Lipinski definition) is 4. The third kappa shape index (κ3) is 6.91. The van der Waals surface area contributed by atoms with Crippen LogP contribution in [0.5, 0.6) is 0 Å². The van der Waals surface area contributed by atoms with Gasteiger partial charge < -0.3 is 5.32 Å². The van der Waals surface area contributed by atoms with Crippen LogP contribution in [0.15, 0.2) is 30.3 Å². The van der Waals surface area contributed by atoms with Crippen LogP contribution in [0.4, 0.5) is 0 Å². The van der Waals surface area contributed by atoms with Crippen molar-refractivity contribution in [2.75, 3.05) is 19.3 Å². The van der Waals surface area contributed by atoms with Crippen LogP contribution in [0.1, 0.15) is 24.4 Å². The Bertz CT molecular complexity index is 508. The van der Waals surface area contributed by atoms with Gasteiger partial charge in [0.25, 0.3) is 0 Å². The lowest BCUT2D eigenvalue weighted by atomic mass is 10.0. The van der Waals surface area contributed by atoms with Crippen molar-refractivity contribution >= 4 is 10.0 Å². The van der Waals surface area contributed by atoms with E-state index < -0.39 is 10.0 Å². The molecule has 0 aliphatic heterocycles. The highest BCUT2D eigenvalue weighted by Crippen LogP contribution is 2.15. The molecule has 1 rings (SSSR count). The summed E-state index contributed by atoms with van der Waals surface area (Å²) in [7, 11) is -3.12. The van der Waals surface area contributed by atoms with Gasteiger partial charge in [0.2, 0.25) is 10.0 Å². The molecule has 1 aromatic rings. The van der Waals surface area contributed by atoms with Crippen molar-refractivity contribution in [1.29, 1.82) is 5.26 Å². The molecule has 19 heavy (non-hydrogen) atoms. The minimum Gasteiger partial charge on any atom is -0.309 e. The van der Waals surface area contributed by atoms with Crippen molar-refractivity contribution in [3.8, 4) is 6.07 Å². The van der Waals surface area contributed by atoms with Crippen LogP contribution in [0.25, 0.3) is 0 Å². The smallest absolute Gasteiger partial charge is 0.208 e. The molecule has 0 radical (unpaired) electrons. The first-order valence-corrected chi connectivity index (χ1v) is 8.02. The van der Waals surface area contributed by atoms with E-state index in [0.717, 1.165) is 11.8 Å². The summed E-state index contributed by atoms with van der Waals surface area (Å²) in [5, 5.41) is 12.1. The second-order valence-electron chi connectivity index (χ2n) is 4.30. The molecule has 2 N–H and O–H groups in total. The van der Waals surface area contributed by atoms with E-state index in [1.165, 1.54) is 0 Å². The maximum Gasteiger partial charge on any atom is 0.208 e. The van der Waals surface area contributed by atoms with Crippen molar-refractivity contribution in [2.24, 2.45) is 0 Å². The fourth-order valence-electron chi connectivity index (χ4n) is 1.71. The summed E-state index contributed by atoms with van der Waals surface area (Å²) in [5.41, 5.74) is 1.07. The first-order chi connectivity index (χ1) is 9.03. The number of benzene rings is 1. The Hall–Kier alpha value is -1.42. The number of nitrogens with one attached hydrogen (secondary N) is 2. The van der Waals surface area contributed by atoms with Crippen LogP contribution in [-0.4, -0.2) is 27.8 Å². The van der Waals surface area contributed by atoms with Crippen LogP contribution in [0, 0.1) is 11.3 Å². The molecule has 0 aliphatic rings. The van der Waals surface area contributed by atoms with Crippen LogP contribution < -0.4 is 10.0 Å². The minimum atomic E-state index is -3.12. The first kappa shape index (κ1) is 15.6. The topological polar surface area (TPSA) is 82.0 Å². The monoisotopic (exact) mass is 281 g/mol. The summed E-state index contributed by atoms with van der Waals surface area (Å²) >= 11 is 0. The van der Waals surface area contributed by atoms with E-state index in [9.17, 15) is 8.42 Å². The average Bonchev–Trinajstić information content (AvgIpc) is 2.37. The van der Waals surface area contributed by atoms with Gasteiger partial charge in [0, 0.05) is 12.6 Å². The molecule has 0 bridgehead atoms. The van der Waals surface area contributed by atoms with Gasteiger partial charge in [-0.1, -0.05) is 30.3 Å². The Morgan fingerprint density at radius 1 is 1.26 bits per heavy atom. The molecule has 104 valence electrons. The molecule has 0 saturated heterocycles. The number of rotatable bonds is 8. The quantitative estimate of drug-likeness (QED) is 0.701. The van der Waals surface area contributed by atoms with E-state index in [2.05, 4.69) is 16.1 Å². The van der Waals surface area contributed by atoms with Gasteiger partial charge in [-0.3, -0.25) is 0 Å². The van der Waals surface area contributed by atoms with Crippen molar-refractivity contribution in [3.05, 3.63) is 35.9 Å². The van der Waals surface area contributed by atoms with E-state index >= 15 is 0 Å². The Balaban J connectivity index is 2.38. The molecular weight excluding hydrogens is 262 g/mol. The third-order valence-electron chi connectivity index (χ3n) is 2.61. The predicted octanol–water partition coefficient (Wildman–Crippen LogP) is 1.17. The maximum absolute atomic E-state index is 10.9. The Labute approximate surface area is 114 Å². The Morgan fingerprint density at radius 2 is 1.95 bits per heavy atom. The van der Waals surface area contributed by atoms with Gasteiger partial charge in [0.05, 0.1) is 18.7 Å². The largest absolute Gasteiger partial charge is 0.309 e. The third-order valence-corrected chi connectivity index (χ3v) is 3.33. The van der Waals surface area contributed by atoms with Gasteiger partial charge in [0.15, 0.2) is 0 Å². The standard InChI is InChI=1S/C13H19N3O2S/c1-19(17,18)16-11-5-10-15-13(8-9-14)12-6-3-2-4-7-12/h2-4,6-7,13,15-16H,5,8,10-11H2,1H3. The predicted molar refractivity (Wildman–Crippen MR) is 74.9 cm³/mol. The summed E-state index contributed by atoms with van der Waals surface area (Å²) in [6, 6.07) is 11.9. The summed E-state index contributed by atoms with van der Waals surface area (Å²) < 4.78 is 24.2. The highest BCUT2D eigenvalue weighted by Gasteiger charge is 2.09. The van der Waals surface area contributed by atoms with Crippen molar-refractivity contribution in [2.45, 2.75) is 18.9 Å². The zero-order valence-electron chi connectivity index (χ0n) is 11.0. The van der Waals surface area contributed by atoms with Gasteiger partial charge in [0.1, 0.15) is 0 Å². The molecule has 1 atom stereocenters. The molecule has 0 heterocycles. The molecule has 0 spiro atoms. The van der Waals surface area contributed by atoms with E-state index in [-0.39, 0.29) is 6.04 Å². The summed E-state index contributed by atoms with van der Waals surface area (Å²) in [4.78, 5) is 0. The normalized spacial score (nSPS) is 12.8. The molecule has 0 aromatic heterocycles. The zero-order valence-corrected chi connectivity index (χ0v) is 11.8. The van der Waals surface area contributed by atoms with Gasteiger partial charge in [-0.15, -0.1) is 0 Å². The number of sulfonamides is 1. The van der Waals surface area contributed by atoms with Gasteiger partial charge in [-0.2, -0.15) is 5.26 Å². The molecule has 6 heteroatoms. The summed E-state index contributed by atoms with van der Waals surface area (Å²) in [6.07, 6.45) is 2.22. The molecule has 5 nitrogen and oxygen atoms in total. The van der Waals surface area contributed by atoms with Crippen molar-refractivity contribution < 1.29 is 8.42 Å². The maximum atomic E-state index is 10.9. The molecule has 1 aromatic carbocycles. The van der Waals surface area contributed by atoms with Crippen LogP contribution >= 0.6 is 0 Å². The van der Waals surface area contributed by atoms with E-state index in [4.69, 9.17) is 5.26 Å². The zero-order chi connectivity index (χ0) is 14.1. The number of nitrogens with zero attached hydrogens (tertiary/aromatic N) is 1. The van der Waals surface area contributed by atoms with Crippen LogP contribution in [0.3, 0.4) is 0 Å². The Kier molecular flexibility index (Phi) is 6.50. The first-order valence-electron chi connectivity index (χ1n) is 6.13. The molecule has 1 unspecified atom stereocenters. The fourth-order valence-corrected chi connectivity index (χ4v) is 2.22. The molecular formula is C13H19N3O2S. The second-order valence-corrected chi connectivity index (χ2v) is 6.13. The summed E-state index contributed by atoms with van der Waals surface area (Å²) in [5.74, 6) is 0. The van der Waals surface area contributed by atoms with Crippen molar-refractivity contribution in [1.82, 2.24) is 10.0 Å². The highest BCUT2D eigenvalue weighted by atomic mass is 32.2. The lowest BCUT2D eigenvalue weighted by Crippen LogP contribution is -2.28. The minimum absolute atomic E-state index is 0.00978. The van der Waals surface area contributed by atoms with E-state index in [0.29, 0.717) is 25.9 Å². The van der Waals surface area contributed by atoms with Gasteiger partial charge in [-0.05, 0) is 18.5 Å². The highest BCUT2D eigenvalue weighted by molar-refractivity contribution is 7.88. The molecule has 0 saturated carbocycles. The lowest BCUT2D eigenvalue weighted by molar-refractivity contribution is 0.526. The van der Waals surface area contributed by atoms with Crippen LogP contribution in [0.2, 0.25) is 0 Å².